The minimum absolute atomic E-state index is 0.0208. The number of nitrogens with zero attached hydrogens (tertiary/aromatic N) is 2. The molecular weight excluding hydrogens is 616 g/mol. The first kappa shape index (κ1) is 32.0. The maximum absolute atomic E-state index is 14.0. The van der Waals surface area contributed by atoms with E-state index in [1.807, 2.05) is 6.92 Å². The lowest BCUT2D eigenvalue weighted by atomic mass is 10.1. The van der Waals surface area contributed by atoms with E-state index in [0.717, 1.165) is 9.87 Å². The van der Waals surface area contributed by atoms with Crippen LogP contribution in [0.15, 0.2) is 65.6 Å². The number of amides is 2. The molecule has 0 unspecified atom stereocenters. The highest BCUT2D eigenvalue weighted by Crippen LogP contribution is 2.36. The number of aryl methyl sites for hydroxylation is 1. The van der Waals surface area contributed by atoms with Crippen molar-refractivity contribution in [3.8, 4) is 0 Å². The normalized spacial score (nSPS) is 12.1. The van der Waals surface area contributed by atoms with E-state index >= 15 is 0 Å². The van der Waals surface area contributed by atoms with E-state index in [-0.39, 0.29) is 44.5 Å². The SMILES string of the molecule is CCNC(=O)[C@H](CC)N(Cc1ccc(Cl)c(Cl)c1)C(=O)CN(c1cccc(Cl)c1Cl)S(=O)(=O)c1ccc(C)cc1. The molecule has 0 radical (unpaired) electrons. The van der Waals surface area contributed by atoms with Crippen LogP contribution < -0.4 is 9.62 Å². The lowest BCUT2D eigenvalue weighted by Crippen LogP contribution is -2.52. The van der Waals surface area contributed by atoms with E-state index in [1.165, 1.54) is 29.2 Å². The van der Waals surface area contributed by atoms with Gasteiger partial charge < -0.3 is 10.2 Å². The van der Waals surface area contributed by atoms with Gasteiger partial charge in [-0.3, -0.25) is 13.9 Å². The van der Waals surface area contributed by atoms with Crippen molar-refractivity contribution >= 4 is 73.9 Å². The molecule has 3 aromatic carbocycles. The van der Waals surface area contributed by atoms with Crippen LogP contribution in [-0.4, -0.2) is 44.3 Å². The molecule has 0 aliphatic rings. The summed E-state index contributed by atoms with van der Waals surface area (Å²) >= 11 is 25.0. The molecule has 0 saturated heterocycles. The Balaban J connectivity index is 2.11. The molecule has 0 fully saturated rings. The summed E-state index contributed by atoms with van der Waals surface area (Å²) in [5, 5.41) is 3.47. The molecule has 0 bridgehead atoms. The number of carbonyl (C=O) groups is 2. The Morgan fingerprint density at radius 1 is 0.900 bits per heavy atom. The first-order valence-corrected chi connectivity index (χ1v) is 15.4. The van der Waals surface area contributed by atoms with Gasteiger partial charge in [0.2, 0.25) is 11.8 Å². The number of rotatable bonds is 11. The number of likely N-dealkylation sites (N-methyl/N-ethyl adjacent to an activating group) is 1. The van der Waals surface area contributed by atoms with Gasteiger partial charge in [0.25, 0.3) is 10.0 Å². The first-order valence-electron chi connectivity index (χ1n) is 12.4. The molecule has 0 aliphatic heterocycles. The highest BCUT2D eigenvalue weighted by atomic mass is 35.5. The van der Waals surface area contributed by atoms with Crippen LogP contribution in [0.4, 0.5) is 5.69 Å². The van der Waals surface area contributed by atoms with Crippen LogP contribution in [0.2, 0.25) is 20.1 Å². The van der Waals surface area contributed by atoms with Crippen molar-refractivity contribution in [3.63, 3.8) is 0 Å². The Bertz CT molecular complexity index is 1480. The topological polar surface area (TPSA) is 86.8 Å². The summed E-state index contributed by atoms with van der Waals surface area (Å²) in [5.41, 5.74) is 1.51. The Kier molecular flexibility index (Phi) is 11.1. The molecule has 3 rings (SSSR count). The summed E-state index contributed by atoms with van der Waals surface area (Å²) in [6.45, 7) is 5.06. The molecule has 1 atom stereocenters. The molecule has 0 aliphatic carbocycles. The van der Waals surface area contributed by atoms with Crippen molar-refractivity contribution in [2.75, 3.05) is 17.4 Å². The van der Waals surface area contributed by atoms with Gasteiger partial charge in [-0.25, -0.2) is 8.42 Å². The number of halogens is 4. The molecule has 40 heavy (non-hydrogen) atoms. The molecule has 3 aromatic rings. The number of hydrogen-bond acceptors (Lipinski definition) is 4. The third kappa shape index (κ3) is 7.42. The zero-order valence-electron chi connectivity index (χ0n) is 22.1. The molecule has 0 aromatic heterocycles. The van der Waals surface area contributed by atoms with Crippen molar-refractivity contribution in [2.45, 2.75) is 44.7 Å². The van der Waals surface area contributed by atoms with Gasteiger partial charge in [0.1, 0.15) is 12.6 Å². The number of nitrogens with one attached hydrogen (secondary N) is 1. The molecule has 7 nitrogen and oxygen atoms in total. The maximum Gasteiger partial charge on any atom is 0.264 e. The smallest absolute Gasteiger partial charge is 0.264 e. The van der Waals surface area contributed by atoms with Crippen molar-refractivity contribution in [1.29, 1.82) is 0 Å². The van der Waals surface area contributed by atoms with Crippen LogP contribution >= 0.6 is 46.4 Å². The lowest BCUT2D eigenvalue weighted by molar-refractivity contribution is -0.140. The monoisotopic (exact) mass is 643 g/mol. The van der Waals surface area contributed by atoms with Crippen LogP contribution in [0.25, 0.3) is 0 Å². The summed E-state index contributed by atoms with van der Waals surface area (Å²) in [7, 11) is -4.28. The maximum atomic E-state index is 14.0. The van der Waals surface area contributed by atoms with Crippen LogP contribution in [0.1, 0.15) is 31.4 Å². The third-order valence-corrected chi connectivity index (χ3v) is 9.48. The quantitative estimate of drug-likeness (QED) is 0.250. The zero-order valence-corrected chi connectivity index (χ0v) is 26.0. The molecule has 2 amide bonds. The zero-order chi connectivity index (χ0) is 29.6. The minimum Gasteiger partial charge on any atom is -0.355 e. The Morgan fingerprint density at radius 3 is 2.17 bits per heavy atom. The number of anilines is 1. The average Bonchev–Trinajstić information content (AvgIpc) is 2.91. The Hall–Kier alpha value is -2.49. The van der Waals surface area contributed by atoms with Crippen LogP contribution in [0.5, 0.6) is 0 Å². The van der Waals surface area contributed by atoms with Crippen molar-refractivity contribution < 1.29 is 18.0 Å². The van der Waals surface area contributed by atoms with Gasteiger partial charge in [-0.05, 0) is 62.2 Å². The number of benzene rings is 3. The van der Waals surface area contributed by atoms with E-state index in [9.17, 15) is 18.0 Å². The highest BCUT2D eigenvalue weighted by Gasteiger charge is 2.34. The average molecular weight is 645 g/mol. The number of sulfonamides is 1. The van der Waals surface area contributed by atoms with E-state index < -0.39 is 28.5 Å². The summed E-state index contributed by atoms with van der Waals surface area (Å²) in [6.07, 6.45) is 0.279. The van der Waals surface area contributed by atoms with Crippen molar-refractivity contribution in [3.05, 3.63) is 91.9 Å². The van der Waals surface area contributed by atoms with Crippen LogP contribution in [0, 0.1) is 6.92 Å². The molecular formula is C28H29Cl4N3O4S. The van der Waals surface area contributed by atoms with E-state index in [0.29, 0.717) is 17.1 Å². The molecule has 1 N–H and O–H groups in total. The fourth-order valence-electron chi connectivity index (χ4n) is 4.08. The molecule has 0 saturated carbocycles. The van der Waals surface area contributed by atoms with Crippen molar-refractivity contribution in [1.82, 2.24) is 10.2 Å². The second-order valence-corrected chi connectivity index (χ2v) is 12.4. The van der Waals surface area contributed by atoms with E-state index in [1.54, 1.807) is 50.2 Å². The van der Waals surface area contributed by atoms with Gasteiger partial charge >= 0.3 is 0 Å². The fourth-order valence-corrected chi connectivity index (χ4v) is 6.28. The molecule has 0 spiro atoms. The van der Waals surface area contributed by atoms with Gasteiger partial charge in [-0.1, -0.05) is 83.2 Å². The van der Waals surface area contributed by atoms with Crippen molar-refractivity contribution in [2.24, 2.45) is 0 Å². The van der Waals surface area contributed by atoms with E-state index in [4.69, 9.17) is 46.4 Å². The second kappa shape index (κ2) is 13.9. The minimum atomic E-state index is -4.28. The second-order valence-electron chi connectivity index (χ2n) is 8.99. The Morgan fingerprint density at radius 2 is 1.57 bits per heavy atom. The number of hydrogen-bond donors (Lipinski definition) is 1. The molecule has 0 heterocycles. The molecule has 12 heteroatoms. The van der Waals surface area contributed by atoms with Gasteiger partial charge in [-0.15, -0.1) is 0 Å². The predicted octanol–water partition coefficient (Wildman–Crippen LogP) is 6.75. The summed E-state index contributed by atoms with van der Waals surface area (Å²) < 4.78 is 28.8. The van der Waals surface area contributed by atoms with Gasteiger partial charge in [0.15, 0.2) is 0 Å². The fraction of sp³-hybridized carbons (Fsp3) is 0.286. The standard InChI is InChI=1S/C28H29Cl4N3O4S/c1-4-24(28(37)33-5-2)34(16-19-11-14-21(29)23(31)15-19)26(36)17-35(25-8-6-7-22(30)27(25)32)40(38,39)20-12-9-18(3)10-13-20/h6-15,24H,4-5,16-17H2,1-3H3,(H,33,37)/t24-/m0/s1. The van der Waals surface area contributed by atoms with Crippen LogP contribution in [-0.2, 0) is 26.2 Å². The van der Waals surface area contributed by atoms with Gasteiger partial charge in [0, 0.05) is 13.1 Å². The predicted molar refractivity (Wildman–Crippen MR) is 162 cm³/mol. The largest absolute Gasteiger partial charge is 0.355 e. The molecule has 214 valence electrons. The summed E-state index contributed by atoms with van der Waals surface area (Å²) in [5.74, 6) is -0.997. The first-order chi connectivity index (χ1) is 18.9. The van der Waals surface area contributed by atoms with Gasteiger partial charge in [0.05, 0.1) is 30.7 Å². The van der Waals surface area contributed by atoms with E-state index in [2.05, 4.69) is 5.32 Å². The Labute approximate surface area is 255 Å². The highest BCUT2D eigenvalue weighted by molar-refractivity contribution is 7.92. The third-order valence-electron chi connectivity index (χ3n) is 6.16. The summed E-state index contributed by atoms with van der Waals surface area (Å²) in [6, 6.07) is 14.8. The number of carbonyl (C=O) groups excluding carboxylic acids is 2. The lowest BCUT2D eigenvalue weighted by Gasteiger charge is -2.33. The summed E-state index contributed by atoms with van der Waals surface area (Å²) in [4.78, 5) is 28.3. The van der Waals surface area contributed by atoms with Gasteiger partial charge in [-0.2, -0.15) is 0 Å². The van der Waals surface area contributed by atoms with Crippen LogP contribution in [0.3, 0.4) is 0 Å².